The highest BCUT2D eigenvalue weighted by Crippen LogP contribution is 2.31. The first-order valence-electron chi connectivity index (χ1n) is 10.8. The van der Waals surface area contributed by atoms with Crippen LogP contribution in [0, 0.1) is 10.1 Å². The second-order valence-corrected chi connectivity index (χ2v) is 7.62. The van der Waals surface area contributed by atoms with Crippen molar-refractivity contribution in [2.24, 2.45) is 0 Å². The van der Waals surface area contributed by atoms with Crippen LogP contribution in [0.1, 0.15) is 41.5 Å². The molecular weight excluding hydrogens is 436 g/mol. The average molecular weight is 465 g/mol. The van der Waals surface area contributed by atoms with Crippen molar-refractivity contribution < 1.29 is 19.2 Å². The van der Waals surface area contributed by atoms with Crippen LogP contribution in [0.15, 0.2) is 60.8 Å². The van der Waals surface area contributed by atoms with Crippen molar-refractivity contribution in [1.82, 2.24) is 9.88 Å². The lowest BCUT2D eigenvalue weighted by molar-refractivity contribution is -0.384. The summed E-state index contributed by atoms with van der Waals surface area (Å²) in [5.41, 5.74) is 2.00. The van der Waals surface area contributed by atoms with Crippen LogP contribution in [0.4, 0.5) is 11.4 Å². The number of rotatable bonds is 10. The minimum atomic E-state index is -0.491. The smallest absolute Gasteiger partial charge is 0.293 e. The van der Waals surface area contributed by atoms with E-state index in [1.54, 1.807) is 49.6 Å². The van der Waals surface area contributed by atoms with E-state index in [2.05, 4.69) is 10.3 Å². The van der Waals surface area contributed by atoms with Gasteiger partial charge in [0.2, 0.25) is 0 Å². The van der Waals surface area contributed by atoms with Gasteiger partial charge < -0.3 is 19.7 Å². The van der Waals surface area contributed by atoms with E-state index in [1.165, 1.54) is 6.07 Å². The first-order valence-corrected chi connectivity index (χ1v) is 10.8. The molecule has 1 unspecified atom stereocenters. The second kappa shape index (κ2) is 11.1. The number of nitrogens with one attached hydrogen (secondary N) is 1. The summed E-state index contributed by atoms with van der Waals surface area (Å²) in [6, 6.07) is 15.2. The van der Waals surface area contributed by atoms with Crippen LogP contribution in [0.5, 0.6) is 11.5 Å². The molecule has 34 heavy (non-hydrogen) atoms. The van der Waals surface area contributed by atoms with Gasteiger partial charge in [0.25, 0.3) is 11.6 Å². The van der Waals surface area contributed by atoms with Crippen LogP contribution in [0.3, 0.4) is 0 Å². The molecule has 3 rings (SSSR count). The third-order valence-corrected chi connectivity index (χ3v) is 5.44. The number of carbonyl (C=O) groups is 1. The summed E-state index contributed by atoms with van der Waals surface area (Å²) in [5, 5.41) is 14.9. The van der Waals surface area contributed by atoms with E-state index in [1.807, 2.05) is 38.1 Å². The van der Waals surface area contributed by atoms with E-state index in [0.29, 0.717) is 30.3 Å². The summed E-state index contributed by atoms with van der Waals surface area (Å²) in [6.45, 7) is 4.47. The number of hydrogen-bond acceptors (Lipinski definition) is 7. The molecule has 3 aromatic rings. The molecule has 1 atom stereocenters. The normalized spacial score (nSPS) is 11.4. The lowest BCUT2D eigenvalue weighted by Crippen LogP contribution is -2.30. The molecule has 178 valence electrons. The summed E-state index contributed by atoms with van der Waals surface area (Å²) in [5.74, 6) is 0.862. The molecule has 1 N–H and O–H groups in total. The van der Waals surface area contributed by atoms with Gasteiger partial charge in [0.05, 0.1) is 30.9 Å². The molecule has 0 radical (unpaired) electrons. The quantitative estimate of drug-likeness (QED) is 0.338. The largest absolute Gasteiger partial charge is 0.493 e. The van der Waals surface area contributed by atoms with Crippen molar-refractivity contribution in [1.29, 1.82) is 0 Å². The van der Waals surface area contributed by atoms with Gasteiger partial charge in [0, 0.05) is 30.9 Å². The Morgan fingerprint density at radius 1 is 1.12 bits per heavy atom. The zero-order chi connectivity index (χ0) is 24.7. The van der Waals surface area contributed by atoms with Crippen molar-refractivity contribution >= 4 is 17.3 Å². The van der Waals surface area contributed by atoms with Crippen molar-refractivity contribution in [2.45, 2.75) is 26.4 Å². The maximum Gasteiger partial charge on any atom is 0.293 e. The molecule has 1 amide bonds. The number of pyridine rings is 1. The Hall–Kier alpha value is -4.14. The van der Waals surface area contributed by atoms with Gasteiger partial charge in [-0.1, -0.05) is 12.1 Å². The Morgan fingerprint density at radius 2 is 1.88 bits per heavy atom. The first kappa shape index (κ1) is 24.5. The molecule has 0 aliphatic heterocycles. The number of carbonyl (C=O) groups excluding carboxylic acids is 1. The Kier molecular flexibility index (Phi) is 8.02. The fraction of sp³-hybridized carbons (Fsp3) is 0.280. The van der Waals surface area contributed by atoms with Gasteiger partial charge in [-0.3, -0.25) is 19.9 Å². The van der Waals surface area contributed by atoms with Crippen LogP contribution >= 0.6 is 0 Å². The highest BCUT2D eigenvalue weighted by atomic mass is 16.6. The number of amides is 1. The molecule has 0 aliphatic carbocycles. The highest BCUT2D eigenvalue weighted by molar-refractivity contribution is 5.95. The zero-order valence-corrected chi connectivity index (χ0v) is 19.6. The van der Waals surface area contributed by atoms with Crippen LogP contribution < -0.4 is 14.8 Å². The molecular formula is C25H28N4O5. The monoisotopic (exact) mass is 464 g/mol. The van der Waals surface area contributed by atoms with Crippen LogP contribution in [-0.4, -0.2) is 41.5 Å². The molecule has 0 aliphatic rings. The standard InChI is InChI=1S/C25H28N4O5/c1-5-28(16-18-9-12-23(33-3)24(14-18)34-4)25(30)19-10-11-21(22(15-19)29(31)32)27-17(2)20-8-6-7-13-26-20/h6-15,17,27H,5,16H2,1-4H3. The number of methoxy groups -OCH3 is 2. The number of nitro benzene ring substituents is 1. The number of anilines is 1. The molecule has 9 nitrogen and oxygen atoms in total. The lowest BCUT2D eigenvalue weighted by Gasteiger charge is -2.22. The van der Waals surface area contributed by atoms with E-state index in [4.69, 9.17) is 9.47 Å². The molecule has 1 heterocycles. The maximum absolute atomic E-state index is 13.2. The summed E-state index contributed by atoms with van der Waals surface area (Å²) in [4.78, 5) is 30.4. The minimum absolute atomic E-state index is 0.171. The van der Waals surface area contributed by atoms with Crippen molar-refractivity contribution in [3.05, 3.63) is 87.7 Å². The predicted octanol–water partition coefficient (Wildman–Crippen LogP) is 4.84. The van der Waals surface area contributed by atoms with Gasteiger partial charge in [-0.25, -0.2) is 0 Å². The van der Waals surface area contributed by atoms with Crippen LogP contribution in [-0.2, 0) is 6.54 Å². The molecule has 2 aromatic carbocycles. The number of hydrogen-bond donors (Lipinski definition) is 1. The number of nitrogens with zero attached hydrogens (tertiary/aromatic N) is 3. The van der Waals surface area contributed by atoms with E-state index in [-0.39, 0.29) is 23.2 Å². The SMILES string of the molecule is CCN(Cc1ccc(OC)c(OC)c1)C(=O)c1ccc(NC(C)c2ccccn2)c([N+](=O)[O-])c1. The first-order chi connectivity index (χ1) is 16.4. The second-order valence-electron chi connectivity index (χ2n) is 7.62. The fourth-order valence-corrected chi connectivity index (χ4v) is 3.59. The van der Waals surface area contributed by atoms with Gasteiger partial charge in [0.1, 0.15) is 5.69 Å². The summed E-state index contributed by atoms with van der Waals surface area (Å²) < 4.78 is 10.6. The number of ether oxygens (including phenoxy) is 2. The minimum Gasteiger partial charge on any atom is -0.493 e. The Balaban J connectivity index is 1.83. The summed E-state index contributed by atoms with van der Waals surface area (Å²) in [6.07, 6.45) is 1.67. The van der Waals surface area contributed by atoms with Crippen molar-refractivity contribution in [2.75, 3.05) is 26.1 Å². The van der Waals surface area contributed by atoms with Gasteiger partial charge in [-0.05, 0) is 55.8 Å². The summed E-state index contributed by atoms with van der Waals surface area (Å²) >= 11 is 0. The molecule has 9 heteroatoms. The van der Waals surface area contributed by atoms with Gasteiger partial charge in [-0.2, -0.15) is 0 Å². The van der Waals surface area contributed by atoms with Crippen molar-refractivity contribution in [3.8, 4) is 11.5 Å². The van der Waals surface area contributed by atoms with Gasteiger partial charge in [0.15, 0.2) is 11.5 Å². The maximum atomic E-state index is 13.2. The van der Waals surface area contributed by atoms with Crippen molar-refractivity contribution in [3.63, 3.8) is 0 Å². The van der Waals surface area contributed by atoms with Gasteiger partial charge >= 0.3 is 0 Å². The number of benzene rings is 2. The van der Waals surface area contributed by atoms with E-state index < -0.39 is 4.92 Å². The Morgan fingerprint density at radius 3 is 2.50 bits per heavy atom. The molecule has 0 saturated carbocycles. The summed E-state index contributed by atoms with van der Waals surface area (Å²) in [7, 11) is 3.11. The highest BCUT2D eigenvalue weighted by Gasteiger charge is 2.22. The third kappa shape index (κ3) is 5.61. The average Bonchev–Trinajstić information content (AvgIpc) is 2.87. The molecule has 0 saturated heterocycles. The van der Waals surface area contributed by atoms with E-state index >= 15 is 0 Å². The van der Waals surface area contributed by atoms with Crippen LogP contribution in [0.2, 0.25) is 0 Å². The lowest BCUT2D eigenvalue weighted by atomic mass is 10.1. The Bertz CT molecular complexity index is 1150. The zero-order valence-electron chi connectivity index (χ0n) is 19.6. The van der Waals surface area contributed by atoms with Gasteiger partial charge in [-0.15, -0.1) is 0 Å². The molecule has 1 aromatic heterocycles. The topological polar surface area (TPSA) is 107 Å². The molecule has 0 fully saturated rings. The van der Waals surface area contributed by atoms with Crippen LogP contribution in [0.25, 0.3) is 0 Å². The third-order valence-electron chi connectivity index (χ3n) is 5.44. The Labute approximate surface area is 198 Å². The molecule has 0 bridgehead atoms. The van der Waals surface area contributed by atoms with E-state index in [0.717, 1.165) is 11.3 Å². The van der Waals surface area contributed by atoms with E-state index in [9.17, 15) is 14.9 Å². The molecule has 0 spiro atoms. The number of aromatic nitrogens is 1. The number of nitro groups is 1. The predicted molar refractivity (Wildman–Crippen MR) is 129 cm³/mol. The fourth-order valence-electron chi connectivity index (χ4n) is 3.59.